The van der Waals surface area contributed by atoms with Gasteiger partial charge >= 0.3 is 5.97 Å². The van der Waals surface area contributed by atoms with E-state index < -0.39 is 0 Å². The second-order valence-corrected chi connectivity index (χ2v) is 7.36. The van der Waals surface area contributed by atoms with Crippen molar-refractivity contribution < 1.29 is 14.3 Å². The van der Waals surface area contributed by atoms with Crippen molar-refractivity contribution in [3.8, 4) is 34.0 Å². The monoisotopic (exact) mass is 459 g/mol. The molecular weight excluding hydrogens is 434 g/mol. The predicted molar refractivity (Wildman–Crippen MR) is 129 cm³/mol. The van der Waals surface area contributed by atoms with Gasteiger partial charge in [-0.15, -0.1) is 0 Å². The van der Waals surface area contributed by atoms with E-state index in [1.165, 1.54) is 10.7 Å². The quantitative estimate of drug-likeness (QED) is 0.404. The van der Waals surface area contributed by atoms with Crippen LogP contribution in [0.25, 0.3) is 28.2 Å². The largest absolute Gasteiger partial charge is 0.494 e. The van der Waals surface area contributed by atoms with Gasteiger partial charge in [0, 0.05) is 18.7 Å². The molecule has 174 valence electrons. The van der Waals surface area contributed by atoms with E-state index in [-0.39, 0.29) is 18.1 Å². The Morgan fingerprint density at radius 3 is 2.47 bits per heavy atom. The first-order valence-electron chi connectivity index (χ1n) is 10.8. The number of aryl methyl sites for hydroxylation is 1. The molecule has 4 rings (SSSR count). The van der Waals surface area contributed by atoms with Crippen LogP contribution in [0.2, 0.25) is 0 Å². The number of methoxy groups -OCH3 is 1. The molecule has 0 aliphatic carbocycles. The Morgan fingerprint density at radius 1 is 1.00 bits per heavy atom. The van der Waals surface area contributed by atoms with Crippen LogP contribution in [0.5, 0.6) is 5.75 Å². The van der Waals surface area contributed by atoms with Gasteiger partial charge in [0.25, 0.3) is 5.56 Å². The maximum atomic E-state index is 12.8. The summed E-state index contributed by atoms with van der Waals surface area (Å²) in [4.78, 5) is 24.8. The van der Waals surface area contributed by atoms with Crippen molar-refractivity contribution in [3.63, 3.8) is 0 Å². The van der Waals surface area contributed by atoms with Crippen LogP contribution in [0.1, 0.15) is 6.92 Å². The van der Waals surface area contributed by atoms with Crippen LogP contribution in [0.3, 0.4) is 0 Å². The molecule has 2 heterocycles. The van der Waals surface area contributed by atoms with Crippen LogP contribution < -0.4 is 15.6 Å². The minimum atomic E-state index is -0.386. The summed E-state index contributed by atoms with van der Waals surface area (Å²) in [7, 11) is 3.32. The Morgan fingerprint density at radius 2 is 1.74 bits per heavy atom. The predicted octanol–water partition coefficient (Wildman–Crippen LogP) is 3.28. The molecule has 0 unspecified atom stereocenters. The molecule has 0 atom stereocenters. The summed E-state index contributed by atoms with van der Waals surface area (Å²) in [6.07, 6.45) is 0. The molecule has 9 nitrogen and oxygen atoms in total. The van der Waals surface area contributed by atoms with E-state index in [9.17, 15) is 9.59 Å². The number of para-hydroxylation sites is 2. The molecule has 9 heteroatoms. The lowest BCUT2D eigenvalue weighted by molar-refractivity contribution is -0.140. The number of carbonyl (C=O) groups is 1. The van der Waals surface area contributed by atoms with Crippen molar-refractivity contribution in [2.45, 2.75) is 6.92 Å². The van der Waals surface area contributed by atoms with Crippen molar-refractivity contribution >= 4 is 11.8 Å². The van der Waals surface area contributed by atoms with Crippen molar-refractivity contribution in [1.82, 2.24) is 19.6 Å². The molecule has 0 radical (unpaired) electrons. The highest BCUT2D eigenvalue weighted by Gasteiger charge is 2.22. The lowest BCUT2D eigenvalue weighted by atomic mass is 10.0. The number of nitrogens with zero attached hydrogens (tertiary/aromatic N) is 4. The molecule has 0 saturated heterocycles. The molecule has 2 aromatic heterocycles. The lowest BCUT2D eigenvalue weighted by Crippen LogP contribution is -2.21. The molecule has 0 aliphatic heterocycles. The average Bonchev–Trinajstić information content (AvgIpc) is 3.19. The highest BCUT2D eigenvalue weighted by atomic mass is 16.5. The molecular formula is C25H25N5O4. The number of anilines is 1. The average molecular weight is 460 g/mol. The fraction of sp³-hybridized carbons (Fsp3) is 0.200. The molecule has 0 bridgehead atoms. The number of benzene rings is 2. The number of hydrogen-bond donors (Lipinski definition) is 1. The number of hydrogen-bond acceptors (Lipinski definition) is 7. The smallest absolute Gasteiger partial charge is 0.325 e. The Balaban J connectivity index is 1.89. The molecule has 0 fully saturated rings. The minimum absolute atomic E-state index is 0.0409. The first-order valence-corrected chi connectivity index (χ1v) is 10.8. The molecule has 0 spiro atoms. The molecule has 0 aliphatic rings. The highest BCUT2D eigenvalue weighted by molar-refractivity contribution is 5.88. The summed E-state index contributed by atoms with van der Waals surface area (Å²) in [5, 5.41) is 12.5. The van der Waals surface area contributed by atoms with Gasteiger partial charge in [-0.1, -0.05) is 42.5 Å². The Hall–Kier alpha value is -4.40. The summed E-state index contributed by atoms with van der Waals surface area (Å²) >= 11 is 0. The summed E-state index contributed by atoms with van der Waals surface area (Å²) in [5.41, 5.74) is 2.90. The van der Waals surface area contributed by atoms with Crippen molar-refractivity contribution in [3.05, 3.63) is 77.1 Å². The SMILES string of the molecule is CCOC(=O)CNc1c(-c2ccc(=O)n(-c3ccccc3OC)n2)c(-c2ccccc2)nn1C. The van der Waals surface area contributed by atoms with Gasteiger partial charge in [-0.05, 0) is 25.1 Å². The Labute approximate surface area is 196 Å². The summed E-state index contributed by atoms with van der Waals surface area (Å²) < 4.78 is 13.4. The van der Waals surface area contributed by atoms with Gasteiger partial charge in [0.15, 0.2) is 0 Å². The number of esters is 1. The standard InChI is InChI=1S/C25H25N5O4/c1-4-34-22(32)16-26-25-23(24(28-29(25)2)17-10-6-5-7-11-17)18-14-15-21(31)30(27-18)19-12-8-9-13-20(19)33-3/h5-15,26H,4,16H2,1-3H3. The molecule has 4 aromatic rings. The molecule has 2 aromatic carbocycles. The topological polar surface area (TPSA) is 100 Å². The van der Waals surface area contributed by atoms with E-state index in [0.717, 1.165) is 5.56 Å². The van der Waals surface area contributed by atoms with E-state index in [1.807, 2.05) is 42.5 Å². The van der Waals surface area contributed by atoms with E-state index in [1.54, 1.807) is 44.0 Å². The maximum absolute atomic E-state index is 12.8. The normalized spacial score (nSPS) is 10.7. The molecule has 0 saturated carbocycles. The van der Waals surface area contributed by atoms with Crippen molar-refractivity contribution in [2.24, 2.45) is 7.05 Å². The summed E-state index contributed by atoms with van der Waals surface area (Å²) in [6.45, 7) is 2.01. The zero-order valence-corrected chi connectivity index (χ0v) is 19.2. The maximum Gasteiger partial charge on any atom is 0.325 e. The van der Waals surface area contributed by atoms with Gasteiger partial charge < -0.3 is 14.8 Å². The van der Waals surface area contributed by atoms with E-state index in [0.29, 0.717) is 40.8 Å². The minimum Gasteiger partial charge on any atom is -0.494 e. The van der Waals surface area contributed by atoms with Crippen LogP contribution in [0.4, 0.5) is 5.82 Å². The molecule has 34 heavy (non-hydrogen) atoms. The molecule has 0 amide bonds. The Bertz CT molecular complexity index is 1360. The van der Waals surface area contributed by atoms with Gasteiger partial charge in [0.2, 0.25) is 0 Å². The van der Waals surface area contributed by atoms with Crippen molar-refractivity contribution in [2.75, 3.05) is 25.6 Å². The second-order valence-electron chi connectivity index (χ2n) is 7.36. The van der Waals surface area contributed by atoms with Crippen molar-refractivity contribution in [1.29, 1.82) is 0 Å². The fourth-order valence-electron chi connectivity index (χ4n) is 3.66. The van der Waals surface area contributed by atoms with Crippen LogP contribution in [-0.2, 0) is 16.6 Å². The number of nitrogens with one attached hydrogen (secondary N) is 1. The van der Waals surface area contributed by atoms with Gasteiger partial charge in [-0.2, -0.15) is 14.9 Å². The zero-order valence-electron chi connectivity index (χ0n) is 19.2. The highest BCUT2D eigenvalue weighted by Crippen LogP contribution is 2.36. The van der Waals surface area contributed by atoms with Crippen LogP contribution in [0.15, 0.2) is 71.5 Å². The first kappa shape index (κ1) is 22.8. The summed E-state index contributed by atoms with van der Waals surface area (Å²) in [6, 6.07) is 19.9. The third-order valence-electron chi connectivity index (χ3n) is 5.17. The number of rotatable bonds is 8. The fourth-order valence-corrected chi connectivity index (χ4v) is 3.66. The van der Waals surface area contributed by atoms with Crippen LogP contribution in [-0.4, -0.2) is 45.8 Å². The van der Waals surface area contributed by atoms with Crippen LogP contribution in [0, 0.1) is 0 Å². The number of aromatic nitrogens is 4. The third-order valence-corrected chi connectivity index (χ3v) is 5.17. The zero-order chi connectivity index (χ0) is 24.1. The van der Waals surface area contributed by atoms with Crippen LogP contribution >= 0.6 is 0 Å². The van der Waals surface area contributed by atoms with E-state index >= 15 is 0 Å². The molecule has 1 N–H and O–H groups in total. The Kier molecular flexibility index (Phi) is 6.72. The lowest BCUT2D eigenvalue weighted by Gasteiger charge is -2.13. The van der Waals surface area contributed by atoms with E-state index in [2.05, 4.69) is 15.5 Å². The van der Waals surface area contributed by atoms with Gasteiger partial charge in [-0.3, -0.25) is 14.3 Å². The number of carbonyl (C=O) groups excluding carboxylic acids is 1. The number of ether oxygens (including phenoxy) is 2. The summed E-state index contributed by atoms with van der Waals surface area (Å²) in [5.74, 6) is 0.705. The van der Waals surface area contributed by atoms with Gasteiger partial charge in [-0.25, -0.2) is 0 Å². The third kappa shape index (κ3) is 4.54. The van der Waals surface area contributed by atoms with E-state index in [4.69, 9.17) is 9.47 Å². The first-order chi connectivity index (χ1) is 16.5. The second kappa shape index (κ2) is 10.0. The van der Waals surface area contributed by atoms with Gasteiger partial charge in [0.05, 0.1) is 25.0 Å². The van der Waals surface area contributed by atoms with Gasteiger partial charge in [0.1, 0.15) is 29.5 Å².